The van der Waals surface area contributed by atoms with Gasteiger partial charge in [-0.25, -0.2) is 0 Å². The Bertz CT molecular complexity index is 498. The molecule has 5 nitrogen and oxygen atoms in total. The van der Waals surface area contributed by atoms with Gasteiger partial charge in [0.05, 0.1) is 0 Å². The maximum atomic E-state index is 12.3. The molecule has 0 radical (unpaired) electrons. The first kappa shape index (κ1) is 14.4. The van der Waals surface area contributed by atoms with Gasteiger partial charge in [-0.15, -0.1) is 0 Å². The molecule has 0 spiro atoms. The molecule has 0 aromatic heterocycles. The van der Waals surface area contributed by atoms with Crippen LogP contribution in [0.4, 0.5) is 5.69 Å². The third-order valence-corrected chi connectivity index (χ3v) is 3.89. The van der Waals surface area contributed by atoms with Gasteiger partial charge in [-0.1, -0.05) is 19.1 Å². The van der Waals surface area contributed by atoms with Crippen molar-refractivity contribution in [2.75, 3.05) is 12.3 Å². The van der Waals surface area contributed by atoms with E-state index in [4.69, 9.17) is 11.5 Å². The Labute approximate surface area is 118 Å². The summed E-state index contributed by atoms with van der Waals surface area (Å²) in [4.78, 5) is 25.2. The minimum atomic E-state index is -0.430. The van der Waals surface area contributed by atoms with Gasteiger partial charge in [0.1, 0.15) is 6.04 Å². The number of anilines is 1. The first-order valence-corrected chi connectivity index (χ1v) is 6.93. The van der Waals surface area contributed by atoms with Gasteiger partial charge in [0, 0.05) is 18.7 Å². The standard InChI is InChI=1S/C15H21N3O2/c1-10(11-4-6-12(16)7-5-11)9-14(19)18-8-2-3-13(18)15(17)20/h4-7,10,13H,2-3,8-9,16H2,1H3,(H2,17,20). The number of hydrogen-bond acceptors (Lipinski definition) is 3. The summed E-state index contributed by atoms with van der Waals surface area (Å²) in [5.41, 5.74) is 12.8. The van der Waals surface area contributed by atoms with E-state index in [1.54, 1.807) is 4.90 Å². The summed E-state index contributed by atoms with van der Waals surface area (Å²) in [6, 6.07) is 7.10. The number of nitrogen functional groups attached to an aromatic ring is 1. The Balaban J connectivity index is 2.00. The molecule has 1 heterocycles. The topological polar surface area (TPSA) is 89.4 Å². The van der Waals surface area contributed by atoms with Crippen molar-refractivity contribution in [2.45, 2.75) is 38.1 Å². The van der Waals surface area contributed by atoms with Gasteiger partial charge in [0.15, 0.2) is 0 Å². The highest BCUT2D eigenvalue weighted by molar-refractivity contribution is 5.87. The average Bonchev–Trinajstić information content (AvgIpc) is 2.88. The van der Waals surface area contributed by atoms with E-state index in [-0.39, 0.29) is 11.8 Å². The number of primary amides is 1. The fraction of sp³-hybridized carbons (Fsp3) is 0.467. The number of amides is 2. The number of nitrogens with two attached hydrogens (primary N) is 2. The van der Waals surface area contributed by atoms with Crippen LogP contribution in [0.1, 0.15) is 37.7 Å². The molecule has 2 amide bonds. The predicted molar refractivity (Wildman–Crippen MR) is 77.8 cm³/mol. The number of carbonyl (C=O) groups is 2. The lowest BCUT2D eigenvalue weighted by molar-refractivity contribution is -0.137. The van der Waals surface area contributed by atoms with Gasteiger partial charge in [0.2, 0.25) is 11.8 Å². The molecule has 0 aliphatic carbocycles. The number of benzene rings is 1. The van der Waals surface area contributed by atoms with Crippen molar-refractivity contribution >= 4 is 17.5 Å². The molecule has 1 saturated heterocycles. The Kier molecular flexibility index (Phi) is 4.27. The summed E-state index contributed by atoms with van der Waals surface area (Å²) >= 11 is 0. The summed E-state index contributed by atoms with van der Waals surface area (Å²) in [7, 11) is 0. The SMILES string of the molecule is CC(CC(=O)N1CCCC1C(N)=O)c1ccc(N)cc1. The van der Waals surface area contributed by atoms with Gasteiger partial charge in [0.25, 0.3) is 0 Å². The quantitative estimate of drug-likeness (QED) is 0.810. The average molecular weight is 275 g/mol. The van der Waals surface area contributed by atoms with Crippen LogP contribution in [-0.2, 0) is 9.59 Å². The lowest BCUT2D eigenvalue weighted by Gasteiger charge is -2.24. The lowest BCUT2D eigenvalue weighted by atomic mass is 9.97. The minimum absolute atomic E-state index is 0.00405. The monoisotopic (exact) mass is 275 g/mol. The first-order valence-electron chi connectivity index (χ1n) is 6.93. The zero-order chi connectivity index (χ0) is 14.7. The van der Waals surface area contributed by atoms with Crippen LogP contribution < -0.4 is 11.5 Å². The molecule has 1 fully saturated rings. The molecule has 0 bridgehead atoms. The number of likely N-dealkylation sites (tertiary alicyclic amines) is 1. The van der Waals surface area contributed by atoms with Gasteiger partial charge in [-0.3, -0.25) is 9.59 Å². The molecular weight excluding hydrogens is 254 g/mol. The Morgan fingerprint density at radius 2 is 2.00 bits per heavy atom. The van der Waals surface area contributed by atoms with Crippen molar-refractivity contribution in [3.05, 3.63) is 29.8 Å². The molecule has 1 aromatic rings. The molecule has 1 aliphatic heterocycles. The largest absolute Gasteiger partial charge is 0.399 e. The van der Waals surface area contributed by atoms with E-state index in [0.717, 1.165) is 12.0 Å². The van der Waals surface area contributed by atoms with Gasteiger partial charge < -0.3 is 16.4 Å². The number of rotatable bonds is 4. The molecule has 20 heavy (non-hydrogen) atoms. The number of carbonyl (C=O) groups excluding carboxylic acids is 2. The molecule has 5 heteroatoms. The van der Waals surface area contributed by atoms with Crippen LogP contribution in [0.2, 0.25) is 0 Å². The maximum Gasteiger partial charge on any atom is 0.240 e. The van der Waals surface area contributed by atoms with Crippen LogP contribution in [0.15, 0.2) is 24.3 Å². The van der Waals surface area contributed by atoms with E-state index in [9.17, 15) is 9.59 Å². The van der Waals surface area contributed by atoms with Crippen molar-refractivity contribution in [2.24, 2.45) is 5.73 Å². The summed E-state index contributed by atoms with van der Waals surface area (Å²) in [5.74, 6) is -0.316. The van der Waals surface area contributed by atoms with Gasteiger partial charge in [-0.05, 0) is 36.5 Å². The van der Waals surface area contributed by atoms with E-state index in [2.05, 4.69) is 0 Å². The van der Waals surface area contributed by atoms with E-state index in [0.29, 0.717) is 25.1 Å². The maximum absolute atomic E-state index is 12.3. The molecule has 2 atom stereocenters. The Morgan fingerprint density at radius 1 is 1.35 bits per heavy atom. The third-order valence-electron chi connectivity index (χ3n) is 3.89. The van der Waals surface area contributed by atoms with Gasteiger partial charge in [-0.2, -0.15) is 0 Å². The molecule has 1 aromatic carbocycles. The molecule has 1 aliphatic rings. The fourth-order valence-electron chi connectivity index (χ4n) is 2.68. The fourth-order valence-corrected chi connectivity index (χ4v) is 2.68. The molecule has 0 saturated carbocycles. The molecule has 2 unspecified atom stereocenters. The van der Waals surface area contributed by atoms with Gasteiger partial charge >= 0.3 is 0 Å². The van der Waals surface area contributed by atoms with Crippen molar-refractivity contribution < 1.29 is 9.59 Å². The summed E-state index contributed by atoms with van der Waals surface area (Å²) < 4.78 is 0. The second-order valence-corrected chi connectivity index (χ2v) is 5.42. The van der Waals surface area contributed by atoms with Crippen LogP contribution >= 0.6 is 0 Å². The molecular formula is C15H21N3O2. The summed E-state index contributed by atoms with van der Waals surface area (Å²) in [6.45, 7) is 2.62. The normalized spacial score (nSPS) is 19.9. The second kappa shape index (κ2) is 5.94. The molecule has 108 valence electrons. The second-order valence-electron chi connectivity index (χ2n) is 5.42. The molecule has 2 rings (SSSR count). The zero-order valence-corrected chi connectivity index (χ0v) is 11.7. The smallest absolute Gasteiger partial charge is 0.240 e. The highest BCUT2D eigenvalue weighted by Gasteiger charge is 2.32. The summed E-state index contributed by atoms with van der Waals surface area (Å²) in [5, 5.41) is 0. The highest BCUT2D eigenvalue weighted by atomic mass is 16.2. The lowest BCUT2D eigenvalue weighted by Crippen LogP contribution is -2.43. The zero-order valence-electron chi connectivity index (χ0n) is 11.7. The van der Waals surface area contributed by atoms with Crippen LogP contribution in [0.25, 0.3) is 0 Å². The van der Waals surface area contributed by atoms with Crippen LogP contribution in [-0.4, -0.2) is 29.3 Å². The summed E-state index contributed by atoms with van der Waals surface area (Å²) in [6.07, 6.45) is 1.90. The molecule has 4 N–H and O–H groups in total. The Hall–Kier alpha value is -2.04. The first-order chi connectivity index (χ1) is 9.49. The van der Waals surface area contributed by atoms with Crippen molar-refractivity contribution in [1.29, 1.82) is 0 Å². The Morgan fingerprint density at radius 3 is 2.60 bits per heavy atom. The highest BCUT2D eigenvalue weighted by Crippen LogP contribution is 2.24. The van der Waals surface area contributed by atoms with E-state index in [1.165, 1.54) is 0 Å². The van der Waals surface area contributed by atoms with Crippen molar-refractivity contribution in [3.8, 4) is 0 Å². The van der Waals surface area contributed by atoms with Crippen LogP contribution in [0.3, 0.4) is 0 Å². The van der Waals surface area contributed by atoms with E-state index < -0.39 is 11.9 Å². The number of hydrogen-bond donors (Lipinski definition) is 2. The third kappa shape index (κ3) is 3.10. The van der Waals surface area contributed by atoms with E-state index >= 15 is 0 Å². The van der Waals surface area contributed by atoms with Crippen molar-refractivity contribution in [3.63, 3.8) is 0 Å². The van der Waals surface area contributed by atoms with Crippen LogP contribution in [0.5, 0.6) is 0 Å². The minimum Gasteiger partial charge on any atom is -0.399 e. The number of nitrogens with zero attached hydrogens (tertiary/aromatic N) is 1. The predicted octanol–water partition coefficient (Wildman–Crippen LogP) is 1.24. The van der Waals surface area contributed by atoms with Crippen LogP contribution in [0, 0.1) is 0 Å². The van der Waals surface area contributed by atoms with Crippen molar-refractivity contribution in [1.82, 2.24) is 4.90 Å². The van der Waals surface area contributed by atoms with E-state index in [1.807, 2.05) is 31.2 Å².